The lowest BCUT2D eigenvalue weighted by molar-refractivity contribution is 0.297. The molecule has 0 aromatic rings. The topological polar surface area (TPSA) is 0 Å². The Morgan fingerprint density at radius 2 is 1.80 bits per heavy atom. The molecular weight excluding hydrogens is 601 g/mol. The van der Waals surface area contributed by atoms with E-state index in [1.807, 2.05) is 0 Å². The van der Waals surface area contributed by atoms with Crippen molar-refractivity contribution in [3.05, 3.63) is 124 Å². The molecule has 10 unspecified atom stereocenters. The molecule has 6 aliphatic carbocycles. The molecule has 0 aliphatic heterocycles. The third kappa shape index (κ3) is 8.79. The third-order valence-electron chi connectivity index (χ3n) is 13.7. The molecule has 0 N–H and O–H groups in total. The smallest absolute Gasteiger partial charge is 0.0284 e. The zero-order valence-electron chi connectivity index (χ0n) is 32.8. The average Bonchev–Trinajstić information content (AvgIpc) is 4.02. The van der Waals surface area contributed by atoms with Crippen LogP contribution in [-0.2, 0) is 0 Å². The van der Waals surface area contributed by atoms with Crippen LogP contribution in [0, 0.1) is 65.1 Å². The Morgan fingerprint density at radius 1 is 1.00 bits per heavy atom. The minimum atomic E-state index is 0.462. The first-order valence-electron chi connectivity index (χ1n) is 20.8. The minimum absolute atomic E-state index is 0.462. The van der Waals surface area contributed by atoms with Crippen molar-refractivity contribution in [1.82, 2.24) is 0 Å². The van der Waals surface area contributed by atoms with Gasteiger partial charge in [0.1, 0.15) is 0 Å². The Labute approximate surface area is 307 Å². The number of allylic oxidation sites excluding steroid dienone is 18. The van der Waals surface area contributed by atoms with Crippen LogP contribution in [0.1, 0.15) is 119 Å². The summed E-state index contributed by atoms with van der Waals surface area (Å²) in [6.45, 7) is 25.5. The number of rotatable bonds is 19. The molecule has 50 heavy (non-hydrogen) atoms. The van der Waals surface area contributed by atoms with E-state index in [1.165, 1.54) is 84.8 Å². The minimum Gasteiger partial charge on any atom is -0.129 e. The standard InChI is InChI=1S/C50H68/c1-10-13-14-41(33(5)25-38-15-16-38)28-39-17-19-40(20-18-39)34(6)26-45(27-35(7)47(12-3)32(4)11-2)37(9)36(8)42-23-24-48-49(31-42)50(48)44-22-21-43-29-46(43)30-44/h17,19-24,26,30-32,35-39,41,43,45-46,48H,3,5,10-11,13-16,18,25,27-29H2,1-2,4,6-9H3. The molecule has 0 aromatic carbocycles. The van der Waals surface area contributed by atoms with Gasteiger partial charge in [-0.2, -0.15) is 0 Å². The predicted octanol–water partition coefficient (Wildman–Crippen LogP) is 14.2. The van der Waals surface area contributed by atoms with Crippen molar-refractivity contribution in [2.75, 3.05) is 0 Å². The van der Waals surface area contributed by atoms with Gasteiger partial charge in [-0.05, 0) is 163 Å². The Kier molecular flexibility index (Phi) is 12.0. The van der Waals surface area contributed by atoms with E-state index in [2.05, 4.69) is 128 Å². The van der Waals surface area contributed by atoms with Crippen LogP contribution in [0.15, 0.2) is 124 Å². The first-order chi connectivity index (χ1) is 24.1. The first-order valence-corrected chi connectivity index (χ1v) is 20.8. The number of unbranched alkanes of at least 4 members (excludes halogenated alkanes) is 1. The van der Waals surface area contributed by atoms with E-state index < -0.39 is 0 Å². The van der Waals surface area contributed by atoms with Crippen LogP contribution < -0.4 is 0 Å². The Hall–Kier alpha value is -2.82. The van der Waals surface area contributed by atoms with Gasteiger partial charge >= 0.3 is 0 Å². The summed E-state index contributed by atoms with van der Waals surface area (Å²) in [7, 11) is 0. The normalized spacial score (nSPS) is 28.6. The largest absolute Gasteiger partial charge is 0.129 e. The molecule has 0 spiro atoms. The van der Waals surface area contributed by atoms with E-state index in [0.717, 1.165) is 37.0 Å². The third-order valence-corrected chi connectivity index (χ3v) is 13.7. The number of hydrogen-bond acceptors (Lipinski definition) is 0. The van der Waals surface area contributed by atoms with Crippen LogP contribution in [0.25, 0.3) is 0 Å². The van der Waals surface area contributed by atoms with Crippen molar-refractivity contribution in [2.45, 2.75) is 119 Å². The fourth-order valence-electron chi connectivity index (χ4n) is 9.44. The zero-order valence-corrected chi connectivity index (χ0v) is 32.8. The molecule has 0 aromatic heterocycles. The fraction of sp³-hybridized carbons (Fsp3) is 0.580. The van der Waals surface area contributed by atoms with Gasteiger partial charge in [-0.15, -0.1) is 5.73 Å². The van der Waals surface area contributed by atoms with Crippen LogP contribution >= 0.6 is 0 Å². The second-order valence-electron chi connectivity index (χ2n) is 17.5. The molecule has 2 saturated carbocycles. The molecule has 2 fully saturated rings. The van der Waals surface area contributed by atoms with E-state index >= 15 is 0 Å². The first kappa shape index (κ1) is 37.0. The summed E-state index contributed by atoms with van der Waals surface area (Å²) >= 11 is 0. The molecule has 10 atom stereocenters. The summed E-state index contributed by atoms with van der Waals surface area (Å²) in [5, 5.41) is 0. The zero-order chi connectivity index (χ0) is 35.5. The lowest BCUT2D eigenvalue weighted by Crippen LogP contribution is -2.23. The molecule has 6 aliphatic rings. The molecule has 0 bridgehead atoms. The van der Waals surface area contributed by atoms with E-state index in [1.54, 1.807) is 11.1 Å². The highest BCUT2D eigenvalue weighted by Gasteiger charge is 2.42. The molecule has 0 amide bonds. The van der Waals surface area contributed by atoms with E-state index in [-0.39, 0.29) is 0 Å². The summed E-state index contributed by atoms with van der Waals surface area (Å²) in [6.07, 6.45) is 39.2. The molecule has 0 radical (unpaired) electrons. The van der Waals surface area contributed by atoms with Crippen molar-refractivity contribution in [2.24, 2.45) is 65.1 Å². The molecule has 0 heteroatoms. The summed E-state index contributed by atoms with van der Waals surface area (Å²) in [6, 6.07) is 0. The highest BCUT2D eigenvalue weighted by molar-refractivity contribution is 5.68. The van der Waals surface area contributed by atoms with Crippen LogP contribution in [0.4, 0.5) is 0 Å². The maximum absolute atomic E-state index is 4.61. The SMILES string of the molecule is C=C=C(C(C)CC)C(C)CC(C=C(C)C1=CCC(CC(CCCC)C(=C)CC2CC2)C=C1)C(C)C(C)C1=CC2=C(C3=CC4CC4C=C3)C2C=C1. The molecule has 0 nitrogen and oxygen atoms in total. The predicted molar refractivity (Wildman–Crippen MR) is 217 cm³/mol. The highest BCUT2D eigenvalue weighted by Crippen LogP contribution is 2.54. The molecule has 268 valence electrons. The second-order valence-corrected chi connectivity index (χ2v) is 17.5. The second kappa shape index (κ2) is 16.2. The van der Waals surface area contributed by atoms with Crippen LogP contribution in [0.2, 0.25) is 0 Å². The quantitative estimate of drug-likeness (QED) is 0.0949. The van der Waals surface area contributed by atoms with Gasteiger partial charge in [0.05, 0.1) is 0 Å². The molecule has 6 rings (SSSR count). The van der Waals surface area contributed by atoms with Crippen molar-refractivity contribution in [3.8, 4) is 0 Å². The van der Waals surface area contributed by atoms with Crippen molar-refractivity contribution >= 4 is 0 Å². The fourth-order valence-corrected chi connectivity index (χ4v) is 9.44. The maximum atomic E-state index is 4.61. The van der Waals surface area contributed by atoms with E-state index in [4.69, 9.17) is 0 Å². The lowest BCUT2D eigenvalue weighted by Gasteiger charge is -2.32. The summed E-state index contributed by atoms with van der Waals surface area (Å²) in [4.78, 5) is 0. The van der Waals surface area contributed by atoms with Crippen LogP contribution in [0.5, 0.6) is 0 Å². The molecular formula is C50H68. The van der Waals surface area contributed by atoms with Crippen LogP contribution in [-0.4, -0.2) is 0 Å². The van der Waals surface area contributed by atoms with Gasteiger partial charge in [-0.25, -0.2) is 0 Å². The monoisotopic (exact) mass is 669 g/mol. The molecule has 0 saturated heterocycles. The Bertz CT molecular complexity index is 1580. The van der Waals surface area contributed by atoms with Crippen LogP contribution in [0.3, 0.4) is 0 Å². The van der Waals surface area contributed by atoms with Crippen molar-refractivity contribution < 1.29 is 0 Å². The van der Waals surface area contributed by atoms with Gasteiger partial charge in [0, 0.05) is 5.92 Å². The summed E-state index contributed by atoms with van der Waals surface area (Å²) in [5.74, 6) is 6.89. The number of fused-ring (bicyclic) bond motifs is 2. The van der Waals surface area contributed by atoms with Gasteiger partial charge in [-0.1, -0.05) is 134 Å². The Balaban J connectivity index is 1.17. The summed E-state index contributed by atoms with van der Waals surface area (Å²) < 4.78 is 0. The van der Waals surface area contributed by atoms with Gasteiger partial charge in [0.15, 0.2) is 0 Å². The van der Waals surface area contributed by atoms with Crippen molar-refractivity contribution in [3.63, 3.8) is 0 Å². The van der Waals surface area contributed by atoms with Gasteiger partial charge in [-0.3, -0.25) is 0 Å². The van der Waals surface area contributed by atoms with E-state index in [9.17, 15) is 0 Å². The lowest BCUT2D eigenvalue weighted by atomic mass is 9.72. The highest BCUT2D eigenvalue weighted by atomic mass is 14.5. The van der Waals surface area contributed by atoms with Gasteiger partial charge in [0.2, 0.25) is 0 Å². The van der Waals surface area contributed by atoms with E-state index in [0.29, 0.717) is 47.3 Å². The van der Waals surface area contributed by atoms with Crippen molar-refractivity contribution in [1.29, 1.82) is 0 Å². The summed E-state index contributed by atoms with van der Waals surface area (Å²) in [5.41, 5.74) is 15.4. The van der Waals surface area contributed by atoms with Gasteiger partial charge in [0.25, 0.3) is 0 Å². The average molecular weight is 669 g/mol. The maximum Gasteiger partial charge on any atom is 0.0284 e. The Morgan fingerprint density at radius 3 is 2.46 bits per heavy atom. The number of hydrogen-bond donors (Lipinski definition) is 0. The van der Waals surface area contributed by atoms with Gasteiger partial charge < -0.3 is 0 Å². The molecule has 0 heterocycles.